The summed E-state index contributed by atoms with van der Waals surface area (Å²) >= 11 is 0. The summed E-state index contributed by atoms with van der Waals surface area (Å²) in [7, 11) is 1.46. The van der Waals surface area contributed by atoms with E-state index in [9.17, 15) is 0 Å². The van der Waals surface area contributed by atoms with Gasteiger partial charge in [-0.2, -0.15) is 15.0 Å². The molecule has 0 unspecified atom stereocenters. The number of hydrazine groups is 1. The Morgan fingerprint density at radius 3 is 2.56 bits per heavy atom. The first-order valence-corrected chi connectivity index (χ1v) is 4.92. The monoisotopic (exact) mass is 226 g/mol. The van der Waals surface area contributed by atoms with E-state index in [4.69, 9.17) is 15.7 Å². The van der Waals surface area contributed by atoms with Crippen LogP contribution in [0.3, 0.4) is 0 Å². The summed E-state index contributed by atoms with van der Waals surface area (Å²) in [5.74, 6) is 5.83. The molecule has 8 heteroatoms. The van der Waals surface area contributed by atoms with E-state index in [-0.39, 0.29) is 24.1 Å². The average molecular weight is 226 g/mol. The van der Waals surface area contributed by atoms with Crippen molar-refractivity contribution in [1.82, 2.24) is 15.0 Å². The second-order valence-electron chi connectivity index (χ2n) is 3.58. The minimum atomic E-state index is -0.228. The average Bonchev–Trinajstić information content (AvgIpc) is 2.26. The van der Waals surface area contributed by atoms with Crippen molar-refractivity contribution in [2.24, 2.45) is 5.84 Å². The second kappa shape index (κ2) is 4.45. The van der Waals surface area contributed by atoms with Crippen molar-refractivity contribution >= 4 is 11.9 Å². The summed E-state index contributed by atoms with van der Waals surface area (Å²) in [6.45, 7) is 0. The lowest BCUT2D eigenvalue weighted by atomic mass is 9.90. The summed E-state index contributed by atoms with van der Waals surface area (Å²) in [4.78, 5) is 11.9. The molecule has 1 aliphatic carbocycles. The lowest BCUT2D eigenvalue weighted by molar-refractivity contribution is 0.0834. The molecule has 0 bridgehead atoms. The van der Waals surface area contributed by atoms with Gasteiger partial charge in [0.1, 0.15) is 0 Å². The lowest BCUT2D eigenvalue weighted by Gasteiger charge is -2.31. The van der Waals surface area contributed by atoms with Gasteiger partial charge in [0.15, 0.2) is 0 Å². The fourth-order valence-corrected chi connectivity index (χ4v) is 1.47. The number of anilines is 2. The predicted octanol–water partition coefficient (Wildman–Crippen LogP) is -0.899. The number of aliphatic hydroxyl groups is 1. The Balaban J connectivity index is 2.07. The molecule has 0 amide bonds. The number of aromatic nitrogens is 3. The first kappa shape index (κ1) is 10.8. The summed E-state index contributed by atoms with van der Waals surface area (Å²) in [6, 6.07) is 0.373. The quantitative estimate of drug-likeness (QED) is 0.385. The molecule has 88 valence electrons. The van der Waals surface area contributed by atoms with Crippen molar-refractivity contribution < 1.29 is 9.84 Å². The van der Waals surface area contributed by atoms with E-state index in [1.54, 1.807) is 0 Å². The SMILES string of the molecule is COc1nc(NN)nc(NC2CC(O)C2)n1. The molecule has 1 saturated carbocycles. The van der Waals surface area contributed by atoms with E-state index in [0.29, 0.717) is 18.8 Å². The molecule has 1 aromatic heterocycles. The molecule has 5 N–H and O–H groups in total. The van der Waals surface area contributed by atoms with Gasteiger partial charge < -0.3 is 15.2 Å². The standard InChI is InChI=1S/C8H14N6O2/c1-16-8-12-6(11-7(13-8)14-9)10-4-2-5(15)3-4/h4-5,15H,2-3,9H2,1H3,(H2,10,11,12,13,14). The van der Waals surface area contributed by atoms with Gasteiger partial charge in [-0.15, -0.1) is 0 Å². The van der Waals surface area contributed by atoms with Crippen LogP contribution >= 0.6 is 0 Å². The Morgan fingerprint density at radius 1 is 1.31 bits per heavy atom. The summed E-state index contributed by atoms with van der Waals surface area (Å²) in [6.07, 6.45) is 1.16. The molecule has 8 nitrogen and oxygen atoms in total. The first-order chi connectivity index (χ1) is 7.71. The highest BCUT2D eigenvalue weighted by atomic mass is 16.5. The van der Waals surface area contributed by atoms with Crippen LogP contribution in [0, 0.1) is 0 Å². The third-order valence-corrected chi connectivity index (χ3v) is 2.37. The minimum Gasteiger partial charge on any atom is -0.467 e. The van der Waals surface area contributed by atoms with E-state index >= 15 is 0 Å². The molecule has 1 heterocycles. The van der Waals surface area contributed by atoms with Crippen LogP contribution in [0.2, 0.25) is 0 Å². The largest absolute Gasteiger partial charge is 0.467 e. The Hall–Kier alpha value is -1.67. The molecule has 16 heavy (non-hydrogen) atoms. The van der Waals surface area contributed by atoms with E-state index in [2.05, 4.69) is 25.7 Å². The number of nitrogens with zero attached hydrogens (tertiary/aromatic N) is 3. The fourth-order valence-electron chi connectivity index (χ4n) is 1.47. The topological polar surface area (TPSA) is 118 Å². The molecule has 1 aromatic rings. The summed E-state index contributed by atoms with van der Waals surface area (Å²) in [5, 5.41) is 12.2. The maximum Gasteiger partial charge on any atom is 0.322 e. The number of rotatable bonds is 4. The van der Waals surface area contributed by atoms with E-state index < -0.39 is 0 Å². The van der Waals surface area contributed by atoms with Crippen molar-refractivity contribution in [3.05, 3.63) is 0 Å². The Morgan fingerprint density at radius 2 is 2.00 bits per heavy atom. The number of nitrogens with one attached hydrogen (secondary N) is 2. The molecule has 0 radical (unpaired) electrons. The highest BCUT2D eigenvalue weighted by molar-refractivity contribution is 5.36. The van der Waals surface area contributed by atoms with Gasteiger partial charge in [-0.05, 0) is 12.8 Å². The van der Waals surface area contributed by atoms with Crippen LogP contribution < -0.4 is 21.3 Å². The van der Waals surface area contributed by atoms with Crippen LogP contribution in [0.5, 0.6) is 6.01 Å². The summed E-state index contributed by atoms with van der Waals surface area (Å²) < 4.78 is 4.90. The molecular weight excluding hydrogens is 212 g/mol. The number of hydrogen-bond acceptors (Lipinski definition) is 8. The lowest BCUT2D eigenvalue weighted by Crippen LogP contribution is -2.39. The number of methoxy groups -OCH3 is 1. The Kier molecular flexibility index (Phi) is 3.02. The smallest absolute Gasteiger partial charge is 0.322 e. The zero-order chi connectivity index (χ0) is 11.5. The molecule has 0 atom stereocenters. The zero-order valence-electron chi connectivity index (χ0n) is 8.84. The normalized spacial score (nSPS) is 23.4. The number of nitrogens with two attached hydrogens (primary N) is 1. The van der Waals surface area contributed by atoms with Crippen LogP contribution in [-0.2, 0) is 0 Å². The van der Waals surface area contributed by atoms with Crippen molar-refractivity contribution in [1.29, 1.82) is 0 Å². The Labute approximate surface area is 92.2 Å². The van der Waals surface area contributed by atoms with Crippen molar-refractivity contribution in [2.75, 3.05) is 17.9 Å². The van der Waals surface area contributed by atoms with Crippen molar-refractivity contribution in [3.63, 3.8) is 0 Å². The predicted molar refractivity (Wildman–Crippen MR) is 56.8 cm³/mol. The molecule has 1 fully saturated rings. The zero-order valence-corrected chi connectivity index (χ0v) is 8.84. The fraction of sp³-hybridized carbons (Fsp3) is 0.625. The van der Waals surface area contributed by atoms with Crippen LogP contribution in [0.1, 0.15) is 12.8 Å². The van der Waals surface area contributed by atoms with Gasteiger partial charge in [0.05, 0.1) is 13.2 Å². The van der Waals surface area contributed by atoms with Gasteiger partial charge in [-0.25, -0.2) is 5.84 Å². The van der Waals surface area contributed by atoms with Crippen LogP contribution in [0.15, 0.2) is 0 Å². The third-order valence-electron chi connectivity index (χ3n) is 2.37. The van der Waals surface area contributed by atoms with E-state index in [1.807, 2.05) is 0 Å². The van der Waals surface area contributed by atoms with Gasteiger partial charge in [0, 0.05) is 6.04 Å². The molecule has 0 aromatic carbocycles. The van der Waals surface area contributed by atoms with Gasteiger partial charge >= 0.3 is 6.01 Å². The second-order valence-corrected chi connectivity index (χ2v) is 3.58. The van der Waals surface area contributed by atoms with Crippen LogP contribution in [-0.4, -0.2) is 39.3 Å². The molecule has 0 spiro atoms. The van der Waals surface area contributed by atoms with Crippen LogP contribution in [0.25, 0.3) is 0 Å². The number of hydrogen-bond donors (Lipinski definition) is 4. The van der Waals surface area contributed by atoms with E-state index in [1.165, 1.54) is 7.11 Å². The number of nitrogen functional groups attached to an aromatic ring is 1. The minimum absolute atomic E-state index is 0.185. The summed E-state index contributed by atoms with van der Waals surface area (Å²) in [5.41, 5.74) is 2.33. The molecule has 0 aliphatic heterocycles. The van der Waals surface area contributed by atoms with Crippen molar-refractivity contribution in [2.45, 2.75) is 25.0 Å². The highest BCUT2D eigenvalue weighted by Gasteiger charge is 2.27. The van der Waals surface area contributed by atoms with Gasteiger partial charge in [0.25, 0.3) is 0 Å². The third kappa shape index (κ3) is 2.28. The Bertz CT molecular complexity index is 345. The van der Waals surface area contributed by atoms with E-state index in [0.717, 1.165) is 0 Å². The molecular formula is C8H14N6O2. The number of aliphatic hydroxyl groups excluding tert-OH is 1. The van der Waals surface area contributed by atoms with Gasteiger partial charge in [-0.1, -0.05) is 0 Å². The number of ether oxygens (including phenoxy) is 1. The molecule has 1 aliphatic rings. The maximum absolute atomic E-state index is 9.15. The van der Waals surface area contributed by atoms with Crippen molar-refractivity contribution in [3.8, 4) is 6.01 Å². The first-order valence-electron chi connectivity index (χ1n) is 4.92. The molecule has 2 rings (SSSR count). The highest BCUT2D eigenvalue weighted by Crippen LogP contribution is 2.23. The van der Waals surface area contributed by atoms with Gasteiger partial charge in [0.2, 0.25) is 11.9 Å². The van der Waals surface area contributed by atoms with Crippen LogP contribution in [0.4, 0.5) is 11.9 Å². The van der Waals surface area contributed by atoms with Gasteiger partial charge in [-0.3, -0.25) is 5.43 Å². The maximum atomic E-state index is 9.15. The molecule has 0 saturated heterocycles.